The van der Waals surface area contributed by atoms with E-state index < -0.39 is 17.8 Å². The number of halogens is 4. The van der Waals surface area contributed by atoms with Gasteiger partial charge in [0.2, 0.25) is 0 Å². The molecule has 1 atom stereocenters. The van der Waals surface area contributed by atoms with Crippen molar-refractivity contribution >= 4 is 34.2 Å². The molecule has 11 nitrogen and oxygen atoms in total. The number of aromatic nitrogens is 7. The van der Waals surface area contributed by atoms with Crippen LogP contribution in [0.3, 0.4) is 0 Å². The van der Waals surface area contributed by atoms with Crippen LogP contribution in [0.25, 0.3) is 16.7 Å². The van der Waals surface area contributed by atoms with Crippen LogP contribution in [0.15, 0.2) is 37.2 Å². The summed E-state index contributed by atoms with van der Waals surface area (Å²) in [5, 5.41) is 7.27. The topological polar surface area (TPSA) is 124 Å². The molecule has 0 saturated carbocycles. The van der Waals surface area contributed by atoms with Gasteiger partial charge in [-0.2, -0.15) is 23.0 Å². The Bertz CT molecular complexity index is 1460. The molecule has 3 aromatic heterocycles. The molecule has 4 heterocycles. The molecule has 1 aliphatic rings. The molecule has 1 amide bonds. The first kappa shape index (κ1) is 24.8. The van der Waals surface area contributed by atoms with Crippen molar-refractivity contribution in [3.63, 3.8) is 0 Å². The number of carbonyl (C=O) groups is 1. The maximum Gasteiger partial charge on any atom is 0.418 e. The van der Waals surface area contributed by atoms with Gasteiger partial charge in [-0.15, -0.1) is 0 Å². The number of hydrogen-bond donors (Lipinski definition) is 1. The minimum atomic E-state index is -4.65. The summed E-state index contributed by atoms with van der Waals surface area (Å²) in [5.74, 6) is 0.534. The van der Waals surface area contributed by atoms with E-state index in [1.165, 1.54) is 29.5 Å². The lowest BCUT2D eigenvalue weighted by molar-refractivity contribution is -0.136. The summed E-state index contributed by atoms with van der Waals surface area (Å²) >= 11 is 5.98. The molecule has 1 fully saturated rings. The molecular weight excluding hydrogens is 515 g/mol. The second kappa shape index (κ2) is 9.86. The van der Waals surface area contributed by atoms with Gasteiger partial charge in [-0.05, 0) is 19.1 Å². The Morgan fingerprint density at radius 2 is 1.81 bits per heavy atom. The second-order valence-electron chi connectivity index (χ2n) is 8.13. The smallest absolute Gasteiger partial charge is 0.378 e. The lowest BCUT2D eigenvalue weighted by Crippen LogP contribution is -2.41. The van der Waals surface area contributed by atoms with Gasteiger partial charge in [-0.3, -0.25) is 4.79 Å². The lowest BCUT2D eigenvalue weighted by atomic mass is 10.1. The zero-order valence-corrected chi connectivity index (χ0v) is 20.0. The average molecular weight is 534 g/mol. The fourth-order valence-electron chi connectivity index (χ4n) is 3.96. The first-order valence-corrected chi connectivity index (χ1v) is 11.5. The zero-order valence-electron chi connectivity index (χ0n) is 19.3. The maximum absolute atomic E-state index is 13.6. The van der Waals surface area contributed by atoms with Gasteiger partial charge in [0.05, 0.1) is 30.3 Å². The van der Waals surface area contributed by atoms with Gasteiger partial charge >= 0.3 is 6.18 Å². The summed E-state index contributed by atoms with van der Waals surface area (Å²) in [7, 11) is 0. The third-order valence-electron chi connectivity index (χ3n) is 5.71. The molecule has 1 N–H and O–H groups in total. The van der Waals surface area contributed by atoms with Crippen LogP contribution >= 0.6 is 11.6 Å². The summed E-state index contributed by atoms with van der Waals surface area (Å²) in [4.78, 5) is 35.0. The van der Waals surface area contributed by atoms with Crippen LogP contribution in [-0.4, -0.2) is 71.8 Å². The fraction of sp³-hybridized carbons (Fsp3) is 0.318. The fourth-order valence-corrected chi connectivity index (χ4v) is 4.18. The van der Waals surface area contributed by atoms with Gasteiger partial charge in [0.15, 0.2) is 11.6 Å². The van der Waals surface area contributed by atoms with Crippen molar-refractivity contribution in [2.24, 2.45) is 0 Å². The Morgan fingerprint density at radius 1 is 1.05 bits per heavy atom. The predicted molar refractivity (Wildman–Crippen MR) is 125 cm³/mol. The number of benzene rings is 1. The summed E-state index contributed by atoms with van der Waals surface area (Å²) < 4.78 is 47.4. The summed E-state index contributed by atoms with van der Waals surface area (Å²) in [6.07, 6.45) is -1.05. The minimum Gasteiger partial charge on any atom is -0.378 e. The van der Waals surface area contributed by atoms with E-state index in [0.29, 0.717) is 37.9 Å². The number of rotatable bonds is 5. The summed E-state index contributed by atoms with van der Waals surface area (Å²) in [5.41, 5.74) is -1.06. The van der Waals surface area contributed by atoms with Gasteiger partial charge in [-0.25, -0.2) is 24.9 Å². The number of alkyl halides is 3. The lowest BCUT2D eigenvalue weighted by Gasteiger charge is -2.26. The highest BCUT2D eigenvalue weighted by Gasteiger charge is 2.34. The predicted octanol–water partition coefficient (Wildman–Crippen LogP) is 3.32. The number of ether oxygens (including phenoxy) is 1. The molecule has 4 aromatic rings. The normalized spacial score (nSPS) is 15.1. The first-order valence-electron chi connectivity index (χ1n) is 11.1. The molecule has 0 bridgehead atoms. The third-order valence-corrected chi connectivity index (χ3v) is 5.93. The van der Waals surface area contributed by atoms with E-state index in [-0.39, 0.29) is 33.3 Å². The van der Waals surface area contributed by atoms with E-state index >= 15 is 0 Å². The van der Waals surface area contributed by atoms with Crippen LogP contribution in [0.1, 0.15) is 34.8 Å². The van der Waals surface area contributed by atoms with E-state index in [4.69, 9.17) is 16.3 Å². The van der Waals surface area contributed by atoms with E-state index in [9.17, 15) is 18.0 Å². The van der Waals surface area contributed by atoms with Crippen LogP contribution in [0, 0.1) is 0 Å². The van der Waals surface area contributed by atoms with E-state index in [1.54, 1.807) is 11.8 Å². The molecule has 0 radical (unpaired) electrons. The van der Waals surface area contributed by atoms with Crippen molar-refractivity contribution in [3.8, 4) is 5.82 Å². The van der Waals surface area contributed by atoms with Crippen molar-refractivity contribution in [2.45, 2.75) is 19.1 Å². The number of nitrogens with zero attached hydrogens (tertiary/aromatic N) is 8. The highest BCUT2D eigenvalue weighted by Crippen LogP contribution is 2.38. The van der Waals surface area contributed by atoms with Gasteiger partial charge < -0.3 is 15.0 Å². The maximum atomic E-state index is 13.6. The number of anilines is 1. The summed E-state index contributed by atoms with van der Waals surface area (Å²) in [6.45, 7) is 3.55. The van der Waals surface area contributed by atoms with Crippen LogP contribution in [0.2, 0.25) is 5.02 Å². The van der Waals surface area contributed by atoms with E-state index in [0.717, 1.165) is 12.4 Å². The number of amides is 1. The molecule has 1 saturated heterocycles. The Labute approximate surface area is 212 Å². The Hall–Kier alpha value is -3.91. The molecule has 0 aliphatic carbocycles. The molecule has 1 aliphatic heterocycles. The SMILES string of the molecule is C[C@H](Nc1ncnc2c(C(F)(F)F)cc(Cl)cc12)c1ncnn1-c1cc(C(=O)N2CCOCC2)ncn1. The number of nitrogens with one attached hydrogen (secondary N) is 1. The molecule has 0 unspecified atom stereocenters. The number of carbonyl (C=O) groups excluding carboxylic acids is 1. The Morgan fingerprint density at radius 3 is 2.57 bits per heavy atom. The average Bonchev–Trinajstić information content (AvgIpc) is 3.39. The minimum absolute atomic E-state index is 0.0978. The molecular formula is C22H19ClF3N9O2. The quantitative estimate of drug-likeness (QED) is 0.411. The molecule has 1 aromatic carbocycles. The largest absolute Gasteiger partial charge is 0.418 e. The van der Waals surface area contributed by atoms with Gasteiger partial charge in [0.25, 0.3) is 5.91 Å². The molecule has 0 spiro atoms. The standard InChI is InChI=1S/C22H19ClF3N9O2/c1-12(33-19-14-6-13(23)7-15(22(24,25)26)18(14)29-10-30-19)20-31-11-32-35(20)17-8-16(27-9-28-17)21(36)34-2-4-37-5-3-34/h6-12H,2-5H2,1H3,(H,29,30,33)/t12-/m0/s1. The van der Waals surface area contributed by atoms with Crippen LogP contribution in [-0.2, 0) is 10.9 Å². The molecule has 192 valence electrons. The van der Waals surface area contributed by atoms with Crippen LogP contribution in [0.5, 0.6) is 0 Å². The number of morpholine rings is 1. The molecule has 37 heavy (non-hydrogen) atoms. The van der Waals surface area contributed by atoms with Crippen LogP contribution in [0.4, 0.5) is 19.0 Å². The van der Waals surface area contributed by atoms with E-state index in [1.807, 2.05) is 0 Å². The monoisotopic (exact) mass is 533 g/mol. The summed E-state index contributed by atoms with van der Waals surface area (Å²) in [6, 6.07) is 3.09. The first-order chi connectivity index (χ1) is 17.7. The zero-order chi connectivity index (χ0) is 26.2. The highest BCUT2D eigenvalue weighted by atomic mass is 35.5. The molecule has 15 heteroatoms. The van der Waals surface area contributed by atoms with E-state index in [2.05, 4.69) is 35.3 Å². The Balaban J connectivity index is 1.45. The second-order valence-corrected chi connectivity index (χ2v) is 8.57. The highest BCUT2D eigenvalue weighted by molar-refractivity contribution is 6.31. The van der Waals surface area contributed by atoms with Crippen LogP contribution < -0.4 is 5.32 Å². The third kappa shape index (κ3) is 5.02. The van der Waals surface area contributed by atoms with Crippen molar-refractivity contribution < 1.29 is 22.7 Å². The van der Waals surface area contributed by atoms with Gasteiger partial charge in [0.1, 0.15) is 30.5 Å². The number of fused-ring (bicyclic) bond motifs is 1. The van der Waals surface area contributed by atoms with Crippen molar-refractivity contribution in [1.82, 2.24) is 39.6 Å². The van der Waals surface area contributed by atoms with Crippen molar-refractivity contribution in [2.75, 3.05) is 31.6 Å². The Kier molecular flexibility index (Phi) is 6.60. The van der Waals surface area contributed by atoms with Crippen molar-refractivity contribution in [3.05, 3.63) is 59.3 Å². The van der Waals surface area contributed by atoms with Crippen molar-refractivity contribution in [1.29, 1.82) is 0 Å². The van der Waals surface area contributed by atoms with Gasteiger partial charge in [-0.1, -0.05) is 11.6 Å². The molecule has 5 rings (SSSR count). The number of hydrogen-bond acceptors (Lipinski definition) is 9. The van der Waals surface area contributed by atoms with Gasteiger partial charge in [0, 0.05) is 29.6 Å².